The second kappa shape index (κ2) is 5.97. The van der Waals surface area contributed by atoms with E-state index in [4.69, 9.17) is 5.26 Å². The lowest BCUT2D eigenvalue weighted by molar-refractivity contribution is -0.141. The van der Waals surface area contributed by atoms with E-state index in [1.165, 1.54) is 24.3 Å². The first-order chi connectivity index (χ1) is 10.4. The van der Waals surface area contributed by atoms with Crippen LogP contribution in [0.15, 0.2) is 40.1 Å². The minimum Gasteiger partial charge on any atom is -0.508 e. The summed E-state index contributed by atoms with van der Waals surface area (Å²) in [7, 11) is 0. The molecule has 1 heterocycles. The third-order valence-electron chi connectivity index (χ3n) is 3.07. The molecule has 8 nitrogen and oxygen atoms in total. The fraction of sp³-hybridized carbons (Fsp3) is 0.143. The Morgan fingerprint density at radius 2 is 1.95 bits per heavy atom. The Balaban J connectivity index is 2.47. The van der Waals surface area contributed by atoms with E-state index in [9.17, 15) is 24.6 Å². The standard InChI is InChI=1S/C14H11N3O5/c15-6-9-7-17(14(22)16-12(9)19)11(13(20)21)5-8-1-3-10(18)4-2-8/h1-4,7,11,18H,5H2,(H,20,21)(H,16,19,22)/t11-/m0/s1. The zero-order valence-corrected chi connectivity index (χ0v) is 11.2. The van der Waals surface area contributed by atoms with E-state index in [-0.39, 0.29) is 17.7 Å². The van der Waals surface area contributed by atoms with Crippen LogP contribution in [-0.4, -0.2) is 25.7 Å². The van der Waals surface area contributed by atoms with Gasteiger partial charge >= 0.3 is 11.7 Å². The second-order valence-electron chi connectivity index (χ2n) is 4.55. The average Bonchev–Trinajstić information content (AvgIpc) is 2.47. The highest BCUT2D eigenvalue weighted by molar-refractivity contribution is 5.72. The topological polar surface area (TPSA) is 136 Å². The summed E-state index contributed by atoms with van der Waals surface area (Å²) in [6.45, 7) is 0. The lowest BCUT2D eigenvalue weighted by Gasteiger charge is -2.15. The van der Waals surface area contributed by atoms with E-state index in [2.05, 4.69) is 0 Å². The van der Waals surface area contributed by atoms with Crippen molar-refractivity contribution in [2.45, 2.75) is 12.5 Å². The molecule has 0 aliphatic rings. The van der Waals surface area contributed by atoms with Gasteiger partial charge in [0.15, 0.2) is 0 Å². The van der Waals surface area contributed by atoms with Gasteiger partial charge in [-0.05, 0) is 17.7 Å². The summed E-state index contributed by atoms with van der Waals surface area (Å²) in [5.41, 5.74) is -1.55. The predicted molar refractivity (Wildman–Crippen MR) is 74.5 cm³/mol. The number of hydrogen-bond acceptors (Lipinski definition) is 5. The van der Waals surface area contributed by atoms with Gasteiger partial charge in [-0.1, -0.05) is 12.1 Å². The van der Waals surface area contributed by atoms with Crippen LogP contribution < -0.4 is 11.2 Å². The lowest BCUT2D eigenvalue weighted by atomic mass is 10.1. The minimum atomic E-state index is -1.29. The van der Waals surface area contributed by atoms with E-state index in [1.54, 1.807) is 6.07 Å². The second-order valence-corrected chi connectivity index (χ2v) is 4.55. The average molecular weight is 301 g/mol. The summed E-state index contributed by atoms with van der Waals surface area (Å²) in [5, 5.41) is 27.3. The van der Waals surface area contributed by atoms with Crippen LogP contribution in [0.3, 0.4) is 0 Å². The number of benzene rings is 1. The highest BCUT2D eigenvalue weighted by Gasteiger charge is 2.22. The van der Waals surface area contributed by atoms with Crippen LogP contribution in [-0.2, 0) is 11.2 Å². The Labute approximate surface area is 123 Å². The molecule has 0 spiro atoms. The SMILES string of the molecule is N#Cc1cn([C@@H](Cc2ccc(O)cc2)C(=O)O)c(=O)[nH]c1=O. The third-order valence-corrected chi connectivity index (χ3v) is 3.07. The van der Waals surface area contributed by atoms with E-state index in [0.717, 1.165) is 10.8 Å². The first-order valence-electron chi connectivity index (χ1n) is 6.18. The van der Waals surface area contributed by atoms with E-state index in [0.29, 0.717) is 5.56 Å². The van der Waals surface area contributed by atoms with Gasteiger partial charge in [-0.25, -0.2) is 9.59 Å². The summed E-state index contributed by atoms with van der Waals surface area (Å²) in [6, 6.07) is 6.14. The molecule has 0 saturated heterocycles. The number of nitrogens with one attached hydrogen (secondary N) is 1. The number of aromatic nitrogens is 2. The quantitative estimate of drug-likeness (QED) is 0.726. The fourth-order valence-corrected chi connectivity index (χ4v) is 1.96. The van der Waals surface area contributed by atoms with Gasteiger partial charge in [-0.2, -0.15) is 5.26 Å². The normalized spacial score (nSPS) is 11.6. The van der Waals surface area contributed by atoms with Gasteiger partial charge < -0.3 is 10.2 Å². The van der Waals surface area contributed by atoms with E-state index in [1.807, 2.05) is 4.98 Å². The zero-order chi connectivity index (χ0) is 16.3. The van der Waals surface area contributed by atoms with Gasteiger partial charge in [0.1, 0.15) is 23.4 Å². The van der Waals surface area contributed by atoms with Gasteiger partial charge in [0.2, 0.25) is 0 Å². The summed E-state index contributed by atoms with van der Waals surface area (Å²) >= 11 is 0. The number of nitrogens with zero attached hydrogens (tertiary/aromatic N) is 2. The van der Waals surface area contributed by atoms with Crippen molar-refractivity contribution in [3.05, 3.63) is 62.4 Å². The van der Waals surface area contributed by atoms with Crippen molar-refractivity contribution in [1.82, 2.24) is 9.55 Å². The first kappa shape index (κ1) is 15.1. The Morgan fingerprint density at radius 1 is 1.32 bits per heavy atom. The number of aromatic amines is 1. The van der Waals surface area contributed by atoms with Crippen LogP contribution in [0.2, 0.25) is 0 Å². The Bertz CT molecular complexity index is 858. The fourth-order valence-electron chi connectivity index (χ4n) is 1.96. The number of hydrogen-bond donors (Lipinski definition) is 3. The smallest absolute Gasteiger partial charge is 0.329 e. The number of carboxylic acids is 1. The molecule has 1 atom stereocenters. The van der Waals surface area contributed by atoms with Crippen LogP contribution in [0.1, 0.15) is 17.2 Å². The summed E-state index contributed by atoms with van der Waals surface area (Å²) in [6.07, 6.45) is 0.882. The van der Waals surface area contributed by atoms with Crippen LogP contribution in [0.25, 0.3) is 0 Å². The molecule has 0 aliphatic heterocycles. The number of aromatic hydroxyl groups is 1. The maximum atomic E-state index is 11.8. The van der Waals surface area contributed by atoms with Crippen molar-refractivity contribution in [3.63, 3.8) is 0 Å². The Morgan fingerprint density at radius 3 is 2.50 bits per heavy atom. The van der Waals surface area contributed by atoms with Crippen LogP contribution in [0, 0.1) is 11.3 Å². The number of rotatable bonds is 4. The number of phenols is 1. The van der Waals surface area contributed by atoms with Crippen molar-refractivity contribution in [3.8, 4) is 11.8 Å². The Hall–Kier alpha value is -3.34. The number of carboxylic acid groups (broad SMARTS) is 1. The summed E-state index contributed by atoms with van der Waals surface area (Å²) in [5.74, 6) is -1.25. The number of H-pyrrole nitrogens is 1. The highest BCUT2D eigenvalue weighted by atomic mass is 16.4. The van der Waals surface area contributed by atoms with E-state index < -0.39 is 23.3 Å². The molecule has 0 bridgehead atoms. The zero-order valence-electron chi connectivity index (χ0n) is 11.2. The molecule has 112 valence electrons. The molecule has 3 N–H and O–H groups in total. The van der Waals surface area contributed by atoms with E-state index >= 15 is 0 Å². The van der Waals surface area contributed by atoms with Gasteiger partial charge in [-0.15, -0.1) is 0 Å². The molecule has 0 saturated carbocycles. The van der Waals surface area contributed by atoms with Crippen LogP contribution in [0.5, 0.6) is 5.75 Å². The Kier molecular flexibility index (Phi) is 4.08. The van der Waals surface area contributed by atoms with Crippen LogP contribution in [0.4, 0.5) is 0 Å². The summed E-state index contributed by atoms with van der Waals surface area (Å²) < 4.78 is 0.801. The minimum absolute atomic E-state index is 0.0311. The van der Waals surface area contributed by atoms with Gasteiger partial charge in [0.25, 0.3) is 5.56 Å². The monoisotopic (exact) mass is 301 g/mol. The molecule has 2 rings (SSSR count). The molecule has 1 aromatic heterocycles. The van der Waals surface area contributed by atoms with Gasteiger partial charge in [-0.3, -0.25) is 14.3 Å². The molecule has 0 radical (unpaired) electrons. The molecular formula is C14H11N3O5. The molecular weight excluding hydrogens is 290 g/mol. The van der Waals surface area contributed by atoms with Crippen molar-refractivity contribution in [1.29, 1.82) is 5.26 Å². The number of carbonyl (C=O) groups is 1. The molecule has 8 heteroatoms. The molecule has 0 amide bonds. The van der Waals surface area contributed by atoms with Crippen molar-refractivity contribution in [2.75, 3.05) is 0 Å². The molecule has 0 unspecified atom stereocenters. The third kappa shape index (κ3) is 3.04. The van der Waals surface area contributed by atoms with Crippen molar-refractivity contribution in [2.24, 2.45) is 0 Å². The van der Waals surface area contributed by atoms with Gasteiger partial charge in [0.05, 0.1) is 0 Å². The number of nitriles is 1. The number of aliphatic carboxylic acids is 1. The number of phenolic OH excluding ortho intramolecular Hbond substituents is 1. The molecule has 22 heavy (non-hydrogen) atoms. The maximum Gasteiger partial charge on any atom is 0.329 e. The molecule has 1 aromatic carbocycles. The van der Waals surface area contributed by atoms with Crippen LogP contribution >= 0.6 is 0 Å². The predicted octanol–water partition coefficient (Wildman–Crippen LogP) is -0.0177. The largest absolute Gasteiger partial charge is 0.508 e. The lowest BCUT2D eigenvalue weighted by Crippen LogP contribution is -2.37. The highest BCUT2D eigenvalue weighted by Crippen LogP contribution is 2.16. The van der Waals surface area contributed by atoms with Gasteiger partial charge in [0, 0.05) is 12.6 Å². The van der Waals surface area contributed by atoms with Crippen molar-refractivity contribution >= 4 is 5.97 Å². The molecule has 0 fully saturated rings. The summed E-state index contributed by atoms with van der Waals surface area (Å²) in [4.78, 5) is 36.5. The molecule has 2 aromatic rings. The van der Waals surface area contributed by atoms with Crippen molar-refractivity contribution < 1.29 is 15.0 Å². The maximum absolute atomic E-state index is 11.8. The molecule has 0 aliphatic carbocycles. The first-order valence-corrected chi connectivity index (χ1v) is 6.18.